The standard InChI is InChI=1S/C19H22N6O2/c1-13-7-5-6-8-17(13)18(24(2)3)19(26)21-14-9-15(11-16(10-14)27-4)25-12-20-22-23-25/h5-12,18H,1-4H3,(H,21,26). The van der Waals surface area contributed by atoms with Gasteiger partial charge in [-0.25, -0.2) is 4.68 Å². The number of methoxy groups -OCH3 is 1. The largest absolute Gasteiger partial charge is 0.497 e. The zero-order valence-electron chi connectivity index (χ0n) is 15.7. The molecule has 140 valence electrons. The van der Waals surface area contributed by atoms with Crippen LogP contribution < -0.4 is 10.1 Å². The van der Waals surface area contributed by atoms with Gasteiger partial charge in [-0.2, -0.15) is 0 Å². The maximum atomic E-state index is 13.1. The highest BCUT2D eigenvalue weighted by atomic mass is 16.5. The number of carbonyl (C=O) groups is 1. The molecule has 0 bridgehead atoms. The van der Waals surface area contributed by atoms with Crippen molar-refractivity contribution in [1.29, 1.82) is 0 Å². The first kappa shape index (κ1) is 18.5. The molecule has 1 N–H and O–H groups in total. The van der Waals surface area contributed by atoms with Crippen molar-refractivity contribution in [3.05, 3.63) is 59.9 Å². The molecule has 0 radical (unpaired) electrons. The van der Waals surface area contributed by atoms with Crippen molar-refractivity contribution in [3.8, 4) is 11.4 Å². The summed E-state index contributed by atoms with van der Waals surface area (Å²) < 4.78 is 6.85. The van der Waals surface area contributed by atoms with Gasteiger partial charge in [-0.1, -0.05) is 24.3 Å². The first-order valence-electron chi connectivity index (χ1n) is 8.45. The van der Waals surface area contributed by atoms with E-state index >= 15 is 0 Å². The molecule has 0 saturated carbocycles. The third kappa shape index (κ3) is 4.12. The highest BCUT2D eigenvalue weighted by molar-refractivity contribution is 5.96. The Balaban J connectivity index is 1.92. The lowest BCUT2D eigenvalue weighted by Crippen LogP contribution is -2.32. The van der Waals surface area contributed by atoms with Crippen molar-refractivity contribution in [3.63, 3.8) is 0 Å². The van der Waals surface area contributed by atoms with Gasteiger partial charge in [-0.3, -0.25) is 9.69 Å². The Kier molecular flexibility index (Phi) is 5.46. The van der Waals surface area contributed by atoms with E-state index in [1.54, 1.807) is 25.3 Å². The fourth-order valence-electron chi connectivity index (χ4n) is 2.94. The maximum Gasteiger partial charge on any atom is 0.246 e. The van der Waals surface area contributed by atoms with Gasteiger partial charge in [0.25, 0.3) is 0 Å². The number of likely N-dealkylation sites (N-methyl/N-ethyl adjacent to an activating group) is 1. The molecule has 1 aromatic heterocycles. The second-order valence-electron chi connectivity index (χ2n) is 6.39. The number of nitrogens with one attached hydrogen (secondary N) is 1. The first-order valence-corrected chi connectivity index (χ1v) is 8.45. The molecule has 1 heterocycles. The van der Waals surface area contributed by atoms with Gasteiger partial charge in [0.1, 0.15) is 18.1 Å². The zero-order chi connectivity index (χ0) is 19.4. The molecule has 0 aliphatic rings. The van der Waals surface area contributed by atoms with Crippen LogP contribution in [0.1, 0.15) is 17.2 Å². The summed E-state index contributed by atoms with van der Waals surface area (Å²) in [4.78, 5) is 15.0. The summed E-state index contributed by atoms with van der Waals surface area (Å²) in [6.07, 6.45) is 1.48. The molecule has 8 nitrogen and oxygen atoms in total. The van der Waals surface area contributed by atoms with Crippen LogP contribution in [0.25, 0.3) is 5.69 Å². The van der Waals surface area contributed by atoms with Gasteiger partial charge in [0.05, 0.1) is 12.8 Å². The van der Waals surface area contributed by atoms with Gasteiger partial charge in [-0.05, 0) is 48.6 Å². The van der Waals surface area contributed by atoms with E-state index in [0.29, 0.717) is 17.1 Å². The predicted octanol–water partition coefficient (Wildman–Crippen LogP) is 2.22. The number of ether oxygens (including phenoxy) is 1. The maximum absolute atomic E-state index is 13.1. The van der Waals surface area contributed by atoms with Crippen LogP contribution in [-0.4, -0.2) is 52.2 Å². The molecule has 0 aliphatic carbocycles. The molecular weight excluding hydrogens is 344 g/mol. The fraction of sp³-hybridized carbons (Fsp3) is 0.263. The molecule has 8 heteroatoms. The van der Waals surface area contributed by atoms with E-state index in [2.05, 4.69) is 20.8 Å². The second-order valence-corrected chi connectivity index (χ2v) is 6.39. The highest BCUT2D eigenvalue weighted by Crippen LogP contribution is 2.26. The number of carbonyl (C=O) groups excluding carboxylic acids is 1. The van der Waals surface area contributed by atoms with E-state index in [4.69, 9.17) is 4.74 Å². The Labute approximate surface area is 157 Å². The number of rotatable bonds is 6. The van der Waals surface area contributed by atoms with Crippen LogP contribution in [0.15, 0.2) is 48.8 Å². The summed E-state index contributed by atoms with van der Waals surface area (Å²) in [5.74, 6) is 0.459. The molecule has 2 aromatic carbocycles. The molecule has 3 rings (SSSR count). The molecule has 1 amide bonds. The Morgan fingerprint density at radius 1 is 1.22 bits per heavy atom. The van der Waals surface area contributed by atoms with Crippen LogP contribution in [0.3, 0.4) is 0 Å². The number of nitrogens with zero attached hydrogens (tertiary/aromatic N) is 5. The number of tetrazole rings is 1. The molecule has 27 heavy (non-hydrogen) atoms. The van der Waals surface area contributed by atoms with E-state index in [-0.39, 0.29) is 5.91 Å². The summed E-state index contributed by atoms with van der Waals surface area (Å²) in [7, 11) is 5.34. The minimum atomic E-state index is -0.422. The van der Waals surface area contributed by atoms with Gasteiger partial charge in [-0.15, -0.1) is 5.10 Å². The van der Waals surface area contributed by atoms with Gasteiger partial charge in [0.2, 0.25) is 5.91 Å². The number of benzene rings is 2. The van der Waals surface area contributed by atoms with Crippen molar-refractivity contribution < 1.29 is 9.53 Å². The van der Waals surface area contributed by atoms with Crippen LogP contribution in [0.4, 0.5) is 5.69 Å². The summed E-state index contributed by atoms with van der Waals surface area (Å²) in [6.45, 7) is 2.00. The zero-order valence-corrected chi connectivity index (χ0v) is 15.7. The van der Waals surface area contributed by atoms with Gasteiger partial charge < -0.3 is 10.1 Å². The van der Waals surface area contributed by atoms with Crippen molar-refractivity contribution in [2.24, 2.45) is 0 Å². The Morgan fingerprint density at radius 2 is 2.00 bits per heavy atom. The van der Waals surface area contributed by atoms with E-state index in [1.165, 1.54) is 11.0 Å². The van der Waals surface area contributed by atoms with Crippen LogP contribution in [0, 0.1) is 6.92 Å². The third-order valence-electron chi connectivity index (χ3n) is 4.26. The summed E-state index contributed by atoms with van der Waals surface area (Å²) in [6, 6.07) is 12.8. The van der Waals surface area contributed by atoms with E-state index in [1.807, 2.05) is 50.2 Å². The van der Waals surface area contributed by atoms with Gasteiger partial charge in [0, 0.05) is 17.8 Å². The Bertz CT molecular complexity index is 924. The third-order valence-corrected chi connectivity index (χ3v) is 4.26. The summed E-state index contributed by atoms with van der Waals surface area (Å²) >= 11 is 0. The first-order chi connectivity index (χ1) is 13.0. The molecular formula is C19H22N6O2. The Hall–Kier alpha value is -3.26. The van der Waals surface area contributed by atoms with Gasteiger partial charge >= 0.3 is 0 Å². The van der Waals surface area contributed by atoms with Crippen LogP contribution >= 0.6 is 0 Å². The lowest BCUT2D eigenvalue weighted by molar-refractivity contribution is -0.120. The molecule has 0 saturated heterocycles. The topological polar surface area (TPSA) is 85.2 Å². The monoisotopic (exact) mass is 366 g/mol. The minimum absolute atomic E-state index is 0.134. The summed E-state index contributed by atoms with van der Waals surface area (Å²) in [5.41, 5.74) is 3.31. The molecule has 0 fully saturated rings. The smallest absolute Gasteiger partial charge is 0.246 e. The van der Waals surface area contributed by atoms with Crippen molar-refractivity contribution >= 4 is 11.6 Å². The van der Waals surface area contributed by atoms with E-state index < -0.39 is 6.04 Å². The minimum Gasteiger partial charge on any atom is -0.497 e. The summed E-state index contributed by atoms with van der Waals surface area (Å²) in [5, 5.41) is 14.2. The predicted molar refractivity (Wildman–Crippen MR) is 102 cm³/mol. The van der Waals surface area contributed by atoms with Crippen LogP contribution in [0.2, 0.25) is 0 Å². The van der Waals surface area contributed by atoms with Gasteiger partial charge in [0.15, 0.2) is 0 Å². The second kappa shape index (κ2) is 7.96. The number of hydrogen-bond acceptors (Lipinski definition) is 6. The van der Waals surface area contributed by atoms with Crippen molar-refractivity contribution in [1.82, 2.24) is 25.1 Å². The van der Waals surface area contributed by atoms with Crippen LogP contribution in [-0.2, 0) is 4.79 Å². The van der Waals surface area contributed by atoms with E-state index in [9.17, 15) is 4.79 Å². The molecule has 3 aromatic rings. The quantitative estimate of drug-likeness (QED) is 0.720. The molecule has 1 atom stereocenters. The highest BCUT2D eigenvalue weighted by Gasteiger charge is 2.24. The Morgan fingerprint density at radius 3 is 2.63 bits per heavy atom. The number of anilines is 1. The fourth-order valence-corrected chi connectivity index (χ4v) is 2.94. The average molecular weight is 366 g/mol. The molecule has 1 unspecified atom stereocenters. The number of aromatic nitrogens is 4. The van der Waals surface area contributed by atoms with E-state index in [0.717, 1.165) is 11.1 Å². The molecule has 0 spiro atoms. The van der Waals surface area contributed by atoms with Crippen molar-refractivity contribution in [2.45, 2.75) is 13.0 Å². The average Bonchev–Trinajstić information content (AvgIpc) is 3.17. The SMILES string of the molecule is COc1cc(NC(=O)C(c2ccccc2C)N(C)C)cc(-n2cnnn2)c1. The number of hydrogen-bond donors (Lipinski definition) is 1. The van der Waals surface area contributed by atoms with Crippen LogP contribution in [0.5, 0.6) is 5.75 Å². The number of aryl methyl sites for hydroxylation is 1. The lowest BCUT2D eigenvalue weighted by Gasteiger charge is -2.25. The number of amides is 1. The molecule has 0 aliphatic heterocycles. The van der Waals surface area contributed by atoms with Crippen molar-refractivity contribution in [2.75, 3.05) is 26.5 Å². The normalized spacial score (nSPS) is 12.0. The lowest BCUT2D eigenvalue weighted by atomic mass is 9.99.